The average Bonchev–Trinajstić information content (AvgIpc) is 1.61. The molecule has 0 aliphatic heterocycles. The molecule has 2 nitrogen and oxygen atoms in total. The fourth-order valence-electron chi connectivity index (χ4n) is 0.250. The van der Waals surface area contributed by atoms with Gasteiger partial charge < -0.3 is 0 Å². The van der Waals surface area contributed by atoms with Crippen LogP contribution in [-0.2, 0) is 4.84 Å². The highest BCUT2D eigenvalue weighted by molar-refractivity contribution is 4.29. The normalized spacial score (nSPS) is 10.3. The van der Waals surface area contributed by atoms with E-state index in [1.807, 2.05) is 20.8 Å². The molecule has 0 bridgehead atoms. The van der Waals surface area contributed by atoms with E-state index < -0.39 is 0 Å². The first-order chi connectivity index (χ1) is 3.27. The second-order valence-corrected chi connectivity index (χ2v) is 1.66. The van der Waals surface area contributed by atoms with Gasteiger partial charge in [0.05, 0.1) is 6.10 Å². The maximum absolute atomic E-state index is 4.94. The summed E-state index contributed by atoms with van der Waals surface area (Å²) in [5, 5.41) is 0. The largest absolute Gasteiger partial charge is 0.299 e. The van der Waals surface area contributed by atoms with E-state index in [1.165, 1.54) is 0 Å². The molecule has 0 atom stereocenters. The molecular weight excluding hydrogens is 90.1 g/mol. The van der Waals surface area contributed by atoms with E-state index in [1.54, 1.807) is 0 Å². The maximum Gasteiger partial charge on any atom is 0.0734 e. The highest BCUT2D eigenvalue weighted by atomic mass is 16.7. The lowest BCUT2D eigenvalue weighted by Crippen LogP contribution is -2.18. The van der Waals surface area contributed by atoms with Crippen molar-refractivity contribution in [1.82, 2.24) is 5.48 Å². The fourth-order valence-corrected chi connectivity index (χ4v) is 0.250. The molecule has 0 saturated heterocycles. The first-order valence-electron chi connectivity index (χ1n) is 2.66. The predicted octanol–water partition coefficient (Wildman–Crippen LogP) is 0.936. The summed E-state index contributed by atoms with van der Waals surface area (Å²) in [6.07, 6.45) is 0.292. The summed E-state index contributed by atoms with van der Waals surface area (Å²) in [5.41, 5.74) is 2.75. The van der Waals surface area contributed by atoms with Gasteiger partial charge in [-0.05, 0) is 13.8 Å². The van der Waals surface area contributed by atoms with E-state index in [4.69, 9.17) is 4.84 Å². The van der Waals surface area contributed by atoms with Crippen molar-refractivity contribution < 1.29 is 4.84 Å². The zero-order chi connectivity index (χ0) is 5.70. The Labute approximate surface area is 44.8 Å². The maximum atomic E-state index is 4.94. The van der Waals surface area contributed by atoms with Gasteiger partial charge >= 0.3 is 0 Å². The molecule has 2 heteroatoms. The van der Waals surface area contributed by atoms with Crippen LogP contribution in [0.25, 0.3) is 0 Å². The van der Waals surface area contributed by atoms with Gasteiger partial charge in [0.1, 0.15) is 0 Å². The van der Waals surface area contributed by atoms with Crippen LogP contribution in [0.4, 0.5) is 0 Å². The number of hydrogen-bond donors (Lipinski definition) is 1. The van der Waals surface area contributed by atoms with Crippen LogP contribution >= 0.6 is 0 Å². The summed E-state index contributed by atoms with van der Waals surface area (Å²) in [4.78, 5) is 4.94. The van der Waals surface area contributed by atoms with Crippen LogP contribution in [0, 0.1) is 0 Å². The molecule has 0 heterocycles. The van der Waals surface area contributed by atoms with Gasteiger partial charge in [0.15, 0.2) is 0 Å². The SMILES string of the molecule is CCNOC(C)C. The number of nitrogens with one attached hydrogen (secondary N) is 1. The Bertz CT molecular complexity index is 37.1. The molecule has 0 radical (unpaired) electrons. The molecule has 0 amide bonds. The topological polar surface area (TPSA) is 21.3 Å². The van der Waals surface area contributed by atoms with Gasteiger partial charge in [-0.2, -0.15) is 0 Å². The van der Waals surface area contributed by atoms with Gasteiger partial charge in [0, 0.05) is 6.54 Å². The van der Waals surface area contributed by atoms with Crippen LogP contribution in [0.15, 0.2) is 0 Å². The molecule has 1 N–H and O–H groups in total. The summed E-state index contributed by atoms with van der Waals surface area (Å²) >= 11 is 0. The van der Waals surface area contributed by atoms with E-state index in [2.05, 4.69) is 5.48 Å². The van der Waals surface area contributed by atoms with E-state index in [0.29, 0.717) is 6.10 Å². The molecule has 0 saturated carbocycles. The van der Waals surface area contributed by atoms with Crippen molar-refractivity contribution in [1.29, 1.82) is 0 Å². The quantitative estimate of drug-likeness (QED) is 0.537. The molecular formula is C5H13NO. The van der Waals surface area contributed by atoms with E-state index >= 15 is 0 Å². The van der Waals surface area contributed by atoms with Gasteiger partial charge in [-0.1, -0.05) is 6.92 Å². The molecule has 0 fully saturated rings. The average molecular weight is 103 g/mol. The molecule has 7 heavy (non-hydrogen) atoms. The van der Waals surface area contributed by atoms with Crippen LogP contribution in [0.2, 0.25) is 0 Å². The van der Waals surface area contributed by atoms with Crippen molar-refractivity contribution in [3.05, 3.63) is 0 Å². The van der Waals surface area contributed by atoms with Crippen LogP contribution in [-0.4, -0.2) is 12.6 Å². The molecule has 0 unspecified atom stereocenters. The van der Waals surface area contributed by atoms with Crippen molar-refractivity contribution in [3.63, 3.8) is 0 Å². The second kappa shape index (κ2) is 4.09. The van der Waals surface area contributed by atoms with Crippen molar-refractivity contribution >= 4 is 0 Å². The molecule has 0 aromatic heterocycles. The predicted molar refractivity (Wildman–Crippen MR) is 29.9 cm³/mol. The third kappa shape index (κ3) is 5.92. The van der Waals surface area contributed by atoms with E-state index in [0.717, 1.165) is 6.54 Å². The second-order valence-electron chi connectivity index (χ2n) is 1.66. The minimum atomic E-state index is 0.292. The molecule has 0 aliphatic rings. The first kappa shape index (κ1) is 6.92. The van der Waals surface area contributed by atoms with E-state index in [9.17, 15) is 0 Å². The van der Waals surface area contributed by atoms with Gasteiger partial charge in [0.25, 0.3) is 0 Å². The molecule has 0 spiro atoms. The van der Waals surface area contributed by atoms with Crippen LogP contribution in [0.1, 0.15) is 20.8 Å². The Balaban J connectivity index is 2.68. The van der Waals surface area contributed by atoms with E-state index in [-0.39, 0.29) is 0 Å². The van der Waals surface area contributed by atoms with Crippen LogP contribution in [0.5, 0.6) is 0 Å². The van der Waals surface area contributed by atoms with Crippen molar-refractivity contribution in [2.75, 3.05) is 6.54 Å². The fraction of sp³-hybridized carbons (Fsp3) is 1.00. The molecule has 0 aromatic carbocycles. The monoisotopic (exact) mass is 103 g/mol. The van der Waals surface area contributed by atoms with Crippen LogP contribution in [0.3, 0.4) is 0 Å². The van der Waals surface area contributed by atoms with Gasteiger partial charge in [-0.15, -0.1) is 0 Å². The Morgan fingerprint density at radius 3 is 2.29 bits per heavy atom. The van der Waals surface area contributed by atoms with Gasteiger partial charge in [-0.3, -0.25) is 4.84 Å². The Kier molecular flexibility index (Phi) is 4.04. The Morgan fingerprint density at radius 1 is 1.57 bits per heavy atom. The zero-order valence-electron chi connectivity index (χ0n) is 5.19. The Morgan fingerprint density at radius 2 is 2.14 bits per heavy atom. The summed E-state index contributed by atoms with van der Waals surface area (Å²) in [7, 11) is 0. The third-order valence-corrected chi connectivity index (χ3v) is 0.463. The Hall–Kier alpha value is -0.0800. The van der Waals surface area contributed by atoms with Crippen molar-refractivity contribution in [2.45, 2.75) is 26.9 Å². The van der Waals surface area contributed by atoms with Crippen molar-refractivity contribution in [3.8, 4) is 0 Å². The first-order valence-corrected chi connectivity index (χ1v) is 2.66. The summed E-state index contributed by atoms with van der Waals surface area (Å²) in [6, 6.07) is 0. The molecule has 44 valence electrons. The molecule has 0 rings (SSSR count). The summed E-state index contributed by atoms with van der Waals surface area (Å²) in [6.45, 7) is 6.85. The minimum Gasteiger partial charge on any atom is -0.299 e. The molecule has 0 aromatic rings. The highest BCUT2D eigenvalue weighted by Crippen LogP contribution is 1.79. The molecule has 0 aliphatic carbocycles. The third-order valence-electron chi connectivity index (χ3n) is 0.463. The summed E-state index contributed by atoms with van der Waals surface area (Å²) in [5.74, 6) is 0. The van der Waals surface area contributed by atoms with Gasteiger partial charge in [0.2, 0.25) is 0 Å². The standard InChI is InChI=1S/C5H13NO/c1-4-6-7-5(2)3/h5-6H,4H2,1-3H3. The van der Waals surface area contributed by atoms with Gasteiger partial charge in [-0.25, -0.2) is 5.48 Å². The number of hydroxylamine groups is 1. The lowest BCUT2D eigenvalue weighted by molar-refractivity contribution is -0.00186. The zero-order valence-corrected chi connectivity index (χ0v) is 5.19. The lowest BCUT2D eigenvalue weighted by Gasteiger charge is -2.04. The highest BCUT2D eigenvalue weighted by Gasteiger charge is 1.86. The number of hydrogen-bond acceptors (Lipinski definition) is 2. The van der Waals surface area contributed by atoms with Crippen molar-refractivity contribution in [2.24, 2.45) is 0 Å². The number of rotatable bonds is 3. The smallest absolute Gasteiger partial charge is 0.0734 e. The minimum absolute atomic E-state index is 0.292. The summed E-state index contributed by atoms with van der Waals surface area (Å²) < 4.78 is 0. The van der Waals surface area contributed by atoms with Crippen LogP contribution < -0.4 is 5.48 Å². The lowest BCUT2D eigenvalue weighted by atomic mass is 10.5.